The zero-order valence-corrected chi connectivity index (χ0v) is 14.8. The van der Waals surface area contributed by atoms with Gasteiger partial charge in [-0.1, -0.05) is 11.6 Å². The number of rotatable bonds is 4. The number of nitro groups is 1. The number of nitrogens with zero attached hydrogens (tertiary/aromatic N) is 1. The van der Waals surface area contributed by atoms with Crippen molar-refractivity contribution in [3.63, 3.8) is 0 Å². The van der Waals surface area contributed by atoms with Crippen LogP contribution in [-0.2, 0) is 11.2 Å². The van der Waals surface area contributed by atoms with E-state index in [0.29, 0.717) is 21.9 Å². The second kappa shape index (κ2) is 6.48. The first-order valence-corrected chi connectivity index (χ1v) is 8.34. The van der Waals surface area contributed by atoms with Gasteiger partial charge in [-0.05, 0) is 24.6 Å². The van der Waals surface area contributed by atoms with Crippen LogP contribution < -0.4 is 14.8 Å². The van der Waals surface area contributed by atoms with E-state index in [-0.39, 0.29) is 30.3 Å². The second-order valence-corrected chi connectivity index (χ2v) is 6.47. The third-order valence-electron chi connectivity index (χ3n) is 4.25. The van der Waals surface area contributed by atoms with Crippen molar-refractivity contribution in [3.8, 4) is 11.5 Å². The summed E-state index contributed by atoms with van der Waals surface area (Å²) in [5.41, 5.74) is 1.88. The Bertz CT molecular complexity index is 1090. The fourth-order valence-corrected chi connectivity index (χ4v) is 3.05. The summed E-state index contributed by atoms with van der Waals surface area (Å²) in [7, 11) is 0. The zero-order valence-electron chi connectivity index (χ0n) is 14.1. The molecule has 0 spiro atoms. The van der Waals surface area contributed by atoms with E-state index in [1.807, 2.05) is 6.92 Å². The predicted molar refractivity (Wildman–Crippen MR) is 97.5 cm³/mol. The highest BCUT2D eigenvalue weighted by atomic mass is 35.5. The van der Waals surface area contributed by atoms with Gasteiger partial charge in [0.05, 0.1) is 23.7 Å². The predicted octanol–water partition coefficient (Wildman–Crippen LogP) is 4.21. The molecule has 0 atom stereocenters. The maximum absolute atomic E-state index is 12.5. The molecule has 0 fully saturated rings. The Balaban J connectivity index is 1.60. The van der Waals surface area contributed by atoms with Gasteiger partial charge in [-0.25, -0.2) is 0 Å². The number of aryl methyl sites for hydroxylation is 1. The Kier molecular flexibility index (Phi) is 4.12. The van der Waals surface area contributed by atoms with E-state index in [4.69, 9.17) is 25.5 Å². The average molecular weight is 389 g/mol. The number of carbonyl (C=O) groups excluding carboxylic acids is 1. The van der Waals surface area contributed by atoms with Crippen LogP contribution in [-0.4, -0.2) is 17.6 Å². The lowest BCUT2D eigenvalue weighted by Crippen LogP contribution is -2.15. The van der Waals surface area contributed by atoms with Crippen LogP contribution in [0, 0.1) is 17.0 Å². The standard InChI is InChI=1S/C18H13ClN2O6/c1-9-2-15-11(4-12(9)19)10(7-25-15)3-18(22)20-13-5-16-17(27-8-26-16)6-14(13)21(23)24/h2,4-7H,3,8H2,1H3,(H,20,22). The van der Waals surface area contributed by atoms with E-state index in [9.17, 15) is 14.9 Å². The maximum Gasteiger partial charge on any atom is 0.296 e. The Morgan fingerprint density at radius 3 is 2.74 bits per heavy atom. The van der Waals surface area contributed by atoms with Gasteiger partial charge in [-0.3, -0.25) is 14.9 Å². The van der Waals surface area contributed by atoms with Gasteiger partial charge in [0.2, 0.25) is 12.7 Å². The molecule has 138 valence electrons. The Morgan fingerprint density at radius 2 is 2.00 bits per heavy atom. The van der Waals surface area contributed by atoms with Gasteiger partial charge in [-0.2, -0.15) is 0 Å². The van der Waals surface area contributed by atoms with E-state index < -0.39 is 10.8 Å². The number of hydrogen-bond acceptors (Lipinski definition) is 6. The van der Waals surface area contributed by atoms with Crippen LogP contribution in [0.4, 0.5) is 11.4 Å². The zero-order chi connectivity index (χ0) is 19.1. The van der Waals surface area contributed by atoms with Crippen molar-refractivity contribution in [1.29, 1.82) is 0 Å². The first kappa shape index (κ1) is 17.2. The number of hydrogen-bond donors (Lipinski definition) is 1. The molecule has 2 aromatic carbocycles. The summed E-state index contributed by atoms with van der Waals surface area (Å²) in [4.78, 5) is 23.2. The average Bonchev–Trinajstić information content (AvgIpc) is 3.21. The number of ether oxygens (including phenoxy) is 2. The fraction of sp³-hybridized carbons (Fsp3) is 0.167. The number of nitro benzene ring substituents is 1. The Labute approximate surface area is 157 Å². The van der Waals surface area contributed by atoms with Gasteiger partial charge in [0, 0.05) is 22.0 Å². The van der Waals surface area contributed by atoms with Crippen molar-refractivity contribution >= 4 is 39.9 Å². The molecule has 4 rings (SSSR count). The van der Waals surface area contributed by atoms with E-state index in [1.165, 1.54) is 18.4 Å². The molecule has 9 heteroatoms. The van der Waals surface area contributed by atoms with Crippen LogP contribution in [0.15, 0.2) is 34.9 Å². The summed E-state index contributed by atoms with van der Waals surface area (Å²) in [5.74, 6) is 0.175. The number of nitrogens with one attached hydrogen (secondary N) is 1. The van der Waals surface area contributed by atoms with Gasteiger partial charge in [0.15, 0.2) is 11.5 Å². The van der Waals surface area contributed by atoms with Crippen LogP contribution in [0.5, 0.6) is 11.5 Å². The van der Waals surface area contributed by atoms with E-state index in [1.54, 1.807) is 12.1 Å². The summed E-state index contributed by atoms with van der Waals surface area (Å²) < 4.78 is 15.8. The largest absolute Gasteiger partial charge is 0.464 e. The van der Waals surface area contributed by atoms with Gasteiger partial charge in [-0.15, -0.1) is 0 Å². The van der Waals surface area contributed by atoms with Crippen LogP contribution in [0.1, 0.15) is 11.1 Å². The minimum absolute atomic E-state index is 0.0227. The molecular formula is C18H13ClN2O6. The summed E-state index contributed by atoms with van der Waals surface area (Å²) >= 11 is 6.15. The SMILES string of the molecule is Cc1cc2occ(CC(=O)Nc3cc4c(cc3[N+](=O)[O-])OCO4)c2cc1Cl. The molecule has 1 N–H and O–H groups in total. The quantitative estimate of drug-likeness (QED) is 0.530. The van der Waals surface area contributed by atoms with E-state index in [0.717, 1.165) is 10.9 Å². The smallest absolute Gasteiger partial charge is 0.296 e. The number of benzene rings is 2. The molecule has 0 saturated carbocycles. The molecule has 0 unspecified atom stereocenters. The number of halogens is 1. The molecule has 1 amide bonds. The summed E-state index contributed by atoms with van der Waals surface area (Å²) in [5, 5.41) is 15.1. The minimum atomic E-state index is -0.590. The highest BCUT2D eigenvalue weighted by Gasteiger charge is 2.25. The van der Waals surface area contributed by atoms with Crippen molar-refractivity contribution in [2.45, 2.75) is 13.3 Å². The lowest BCUT2D eigenvalue weighted by atomic mass is 10.1. The Morgan fingerprint density at radius 1 is 1.26 bits per heavy atom. The van der Waals surface area contributed by atoms with E-state index in [2.05, 4.69) is 5.32 Å². The number of fused-ring (bicyclic) bond motifs is 2. The molecule has 1 aromatic heterocycles. The molecule has 3 aromatic rings. The third-order valence-corrected chi connectivity index (χ3v) is 4.65. The van der Waals surface area contributed by atoms with Crippen LogP contribution in [0.25, 0.3) is 11.0 Å². The molecular weight excluding hydrogens is 376 g/mol. The van der Waals surface area contributed by atoms with Crippen LogP contribution >= 0.6 is 11.6 Å². The normalized spacial score (nSPS) is 12.4. The highest BCUT2D eigenvalue weighted by Crippen LogP contribution is 2.40. The van der Waals surface area contributed by atoms with Crippen molar-refractivity contribution in [3.05, 3.63) is 56.8 Å². The number of anilines is 1. The molecule has 27 heavy (non-hydrogen) atoms. The second-order valence-electron chi connectivity index (χ2n) is 6.06. The number of furan rings is 1. The van der Waals surface area contributed by atoms with Crippen molar-refractivity contribution in [2.75, 3.05) is 12.1 Å². The van der Waals surface area contributed by atoms with Gasteiger partial charge < -0.3 is 19.2 Å². The van der Waals surface area contributed by atoms with Crippen molar-refractivity contribution < 1.29 is 23.6 Å². The van der Waals surface area contributed by atoms with Gasteiger partial charge in [0.1, 0.15) is 11.3 Å². The molecule has 1 aliphatic rings. The minimum Gasteiger partial charge on any atom is -0.464 e. The third kappa shape index (κ3) is 3.15. The molecule has 1 aliphatic heterocycles. The first-order chi connectivity index (χ1) is 12.9. The van der Waals surface area contributed by atoms with Gasteiger partial charge >= 0.3 is 0 Å². The van der Waals surface area contributed by atoms with Crippen LogP contribution in [0.3, 0.4) is 0 Å². The Hall–Kier alpha value is -3.26. The molecule has 0 bridgehead atoms. The van der Waals surface area contributed by atoms with Gasteiger partial charge in [0.25, 0.3) is 5.69 Å². The monoisotopic (exact) mass is 388 g/mol. The maximum atomic E-state index is 12.5. The summed E-state index contributed by atoms with van der Waals surface area (Å²) in [6, 6.07) is 6.14. The lowest BCUT2D eigenvalue weighted by Gasteiger charge is -2.07. The van der Waals surface area contributed by atoms with E-state index >= 15 is 0 Å². The first-order valence-electron chi connectivity index (χ1n) is 7.96. The molecule has 8 nitrogen and oxygen atoms in total. The highest BCUT2D eigenvalue weighted by molar-refractivity contribution is 6.32. The molecule has 0 saturated heterocycles. The summed E-state index contributed by atoms with van der Waals surface area (Å²) in [6.45, 7) is 1.83. The molecule has 0 aliphatic carbocycles. The molecule has 2 heterocycles. The molecule has 0 radical (unpaired) electrons. The van der Waals surface area contributed by atoms with Crippen LogP contribution in [0.2, 0.25) is 5.02 Å². The number of carbonyl (C=O) groups is 1. The fourth-order valence-electron chi connectivity index (χ4n) is 2.89. The summed E-state index contributed by atoms with van der Waals surface area (Å²) in [6.07, 6.45) is 1.45. The van der Waals surface area contributed by atoms with Crippen molar-refractivity contribution in [1.82, 2.24) is 0 Å². The van der Waals surface area contributed by atoms with Crippen molar-refractivity contribution in [2.24, 2.45) is 0 Å². The lowest BCUT2D eigenvalue weighted by molar-refractivity contribution is -0.384. The number of amides is 1. The topological polar surface area (TPSA) is 104 Å².